The second-order valence-corrected chi connectivity index (χ2v) is 5.85. The lowest BCUT2D eigenvalue weighted by Crippen LogP contribution is -2.43. The Morgan fingerprint density at radius 1 is 1.03 bits per heavy atom. The first-order valence-electron chi connectivity index (χ1n) is 8.39. The molecule has 30 heavy (non-hydrogen) atoms. The zero-order valence-electron chi connectivity index (χ0n) is 15.1. The highest BCUT2D eigenvalue weighted by Crippen LogP contribution is 2.13. The van der Waals surface area contributed by atoms with Crippen LogP contribution in [0, 0.1) is 10.1 Å². The number of benzene rings is 2. The molecule has 1 aromatic heterocycles. The number of esters is 1. The molecule has 0 fully saturated rings. The number of non-ortho nitro benzene ring substituents is 1. The Morgan fingerprint density at radius 3 is 2.43 bits per heavy atom. The minimum Gasteiger partial charge on any atom is -0.450 e. The van der Waals surface area contributed by atoms with Crippen LogP contribution in [0.3, 0.4) is 0 Å². The van der Waals surface area contributed by atoms with E-state index in [1.165, 1.54) is 24.3 Å². The molecule has 152 valence electrons. The van der Waals surface area contributed by atoms with Gasteiger partial charge >= 0.3 is 5.97 Å². The highest BCUT2D eigenvalue weighted by Gasteiger charge is 2.16. The van der Waals surface area contributed by atoms with E-state index in [9.17, 15) is 29.3 Å². The number of para-hydroxylation sites is 1. The lowest BCUT2D eigenvalue weighted by atomic mass is 10.2. The Hall–Kier alpha value is -4.54. The minimum atomic E-state index is -1.03. The summed E-state index contributed by atoms with van der Waals surface area (Å²) in [4.78, 5) is 57.6. The molecule has 3 rings (SSSR count). The number of amides is 2. The molecule has 0 aliphatic carbocycles. The standard InChI is InChI=1S/C19H13N3O8/c23-14-9-16(30-15-4-2-1-3-13(14)15)19(26)29-10-17(24)20-21-18(25)11-5-7-12(8-6-11)22(27)28/h1-9H,10H2,(H,20,24)(H,21,25). The summed E-state index contributed by atoms with van der Waals surface area (Å²) in [5.41, 5.74) is 3.72. The van der Waals surface area contributed by atoms with E-state index in [-0.39, 0.29) is 22.6 Å². The number of nitro benzene ring substituents is 1. The summed E-state index contributed by atoms with van der Waals surface area (Å²) >= 11 is 0. The molecule has 0 aliphatic rings. The van der Waals surface area contributed by atoms with Crippen molar-refractivity contribution in [1.82, 2.24) is 10.9 Å². The number of nitrogens with one attached hydrogen (secondary N) is 2. The van der Waals surface area contributed by atoms with Crippen LogP contribution in [0.1, 0.15) is 20.9 Å². The van der Waals surface area contributed by atoms with Crippen molar-refractivity contribution < 1.29 is 28.5 Å². The molecule has 0 unspecified atom stereocenters. The van der Waals surface area contributed by atoms with E-state index >= 15 is 0 Å². The van der Waals surface area contributed by atoms with Gasteiger partial charge in [0.05, 0.1) is 10.3 Å². The average Bonchev–Trinajstić information content (AvgIpc) is 2.75. The summed E-state index contributed by atoms with van der Waals surface area (Å²) in [6.07, 6.45) is 0. The number of carbonyl (C=O) groups excluding carboxylic acids is 3. The van der Waals surface area contributed by atoms with Crippen molar-refractivity contribution in [1.29, 1.82) is 0 Å². The predicted molar refractivity (Wildman–Crippen MR) is 101 cm³/mol. The fourth-order valence-corrected chi connectivity index (χ4v) is 2.38. The molecule has 11 heteroatoms. The molecule has 1 heterocycles. The van der Waals surface area contributed by atoms with Gasteiger partial charge in [-0.05, 0) is 24.3 Å². The number of hydrazine groups is 1. The van der Waals surface area contributed by atoms with Gasteiger partial charge in [0.1, 0.15) is 5.58 Å². The molecule has 0 spiro atoms. The quantitative estimate of drug-likeness (QED) is 0.361. The Balaban J connectivity index is 1.53. The van der Waals surface area contributed by atoms with E-state index in [1.54, 1.807) is 12.1 Å². The maximum absolute atomic E-state index is 12.0. The van der Waals surface area contributed by atoms with Gasteiger partial charge in [-0.3, -0.25) is 35.3 Å². The summed E-state index contributed by atoms with van der Waals surface area (Å²) in [7, 11) is 0. The van der Waals surface area contributed by atoms with Crippen molar-refractivity contribution >= 4 is 34.4 Å². The van der Waals surface area contributed by atoms with Gasteiger partial charge in [-0.15, -0.1) is 0 Å². The van der Waals surface area contributed by atoms with E-state index in [1.807, 2.05) is 5.43 Å². The number of hydrogen-bond acceptors (Lipinski definition) is 8. The fourth-order valence-electron chi connectivity index (χ4n) is 2.38. The second-order valence-electron chi connectivity index (χ2n) is 5.85. The number of carbonyl (C=O) groups is 3. The monoisotopic (exact) mass is 411 g/mol. The molecule has 3 aromatic rings. The number of ether oxygens (including phenoxy) is 1. The van der Waals surface area contributed by atoms with Gasteiger partial charge in [0.15, 0.2) is 12.0 Å². The van der Waals surface area contributed by atoms with E-state index in [2.05, 4.69) is 5.43 Å². The van der Waals surface area contributed by atoms with E-state index < -0.39 is 34.7 Å². The van der Waals surface area contributed by atoms with Gasteiger partial charge in [-0.1, -0.05) is 12.1 Å². The van der Waals surface area contributed by atoms with Gasteiger partial charge in [0.2, 0.25) is 5.76 Å². The zero-order chi connectivity index (χ0) is 21.7. The lowest BCUT2D eigenvalue weighted by molar-refractivity contribution is -0.384. The van der Waals surface area contributed by atoms with Crippen LogP contribution in [0.4, 0.5) is 5.69 Å². The van der Waals surface area contributed by atoms with Gasteiger partial charge in [-0.25, -0.2) is 4.79 Å². The largest absolute Gasteiger partial charge is 0.450 e. The van der Waals surface area contributed by atoms with Crippen molar-refractivity contribution in [2.24, 2.45) is 0 Å². The van der Waals surface area contributed by atoms with Gasteiger partial charge in [0, 0.05) is 23.8 Å². The van der Waals surface area contributed by atoms with Crippen LogP contribution in [0.2, 0.25) is 0 Å². The van der Waals surface area contributed by atoms with Crippen LogP contribution in [0.5, 0.6) is 0 Å². The Kier molecular flexibility index (Phi) is 5.82. The molecule has 0 atom stereocenters. The molecular weight excluding hydrogens is 398 g/mol. The topological polar surface area (TPSA) is 158 Å². The first-order valence-corrected chi connectivity index (χ1v) is 8.39. The van der Waals surface area contributed by atoms with Crippen LogP contribution in [0.15, 0.2) is 63.8 Å². The van der Waals surface area contributed by atoms with Crippen LogP contribution >= 0.6 is 0 Å². The van der Waals surface area contributed by atoms with Crippen molar-refractivity contribution in [3.05, 3.63) is 86.3 Å². The molecule has 0 aliphatic heterocycles. The number of hydrogen-bond donors (Lipinski definition) is 2. The third-order valence-corrected chi connectivity index (χ3v) is 3.83. The molecule has 0 saturated heterocycles. The second kappa shape index (κ2) is 8.65. The summed E-state index contributed by atoms with van der Waals surface area (Å²) in [6, 6.07) is 12.0. The lowest BCUT2D eigenvalue weighted by Gasteiger charge is -2.08. The minimum absolute atomic E-state index is 0.0656. The Bertz CT molecular complexity index is 1200. The van der Waals surface area contributed by atoms with Crippen molar-refractivity contribution in [2.75, 3.05) is 6.61 Å². The van der Waals surface area contributed by atoms with Crippen LogP contribution in [0.25, 0.3) is 11.0 Å². The van der Waals surface area contributed by atoms with Crippen molar-refractivity contribution in [2.45, 2.75) is 0 Å². The molecular formula is C19H13N3O8. The highest BCUT2D eigenvalue weighted by atomic mass is 16.6. The Labute approximate surface area is 167 Å². The van der Waals surface area contributed by atoms with Crippen LogP contribution < -0.4 is 16.3 Å². The molecule has 0 radical (unpaired) electrons. The average molecular weight is 411 g/mol. The molecule has 2 aromatic carbocycles. The smallest absolute Gasteiger partial charge is 0.374 e. The molecule has 2 N–H and O–H groups in total. The fraction of sp³-hybridized carbons (Fsp3) is 0.0526. The van der Waals surface area contributed by atoms with Crippen molar-refractivity contribution in [3.8, 4) is 0 Å². The Morgan fingerprint density at radius 2 is 1.73 bits per heavy atom. The molecule has 11 nitrogen and oxygen atoms in total. The number of nitrogens with zero attached hydrogens (tertiary/aromatic N) is 1. The summed E-state index contributed by atoms with van der Waals surface area (Å²) in [5.74, 6) is -3.00. The first-order chi connectivity index (χ1) is 14.3. The molecule has 0 saturated carbocycles. The predicted octanol–water partition coefficient (Wildman–Crippen LogP) is 1.32. The van der Waals surface area contributed by atoms with E-state index in [4.69, 9.17) is 9.15 Å². The third-order valence-electron chi connectivity index (χ3n) is 3.83. The van der Waals surface area contributed by atoms with E-state index in [0.717, 1.165) is 18.2 Å². The summed E-state index contributed by atoms with van der Waals surface area (Å²) in [6.45, 7) is -0.754. The molecule has 2 amide bonds. The SMILES string of the molecule is O=C(COC(=O)c1cc(=O)c2ccccc2o1)NNC(=O)c1ccc([N+](=O)[O-])cc1. The number of rotatable bonds is 5. The first kappa shape index (κ1) is 20.2. The summed E-state index contributed by atoms with van der Waals surface area (Å²) in [5, 5.41) is 10.9. The highest BCUT2D eigenvalue weighted by molar-refractivity contribution is 5.96. The number of nitro groups is 1. The van der Waals surface area contributed by atoms with Gasteiger partial charge < -0.3 is 9.15 Å². The van der Waals surface area contributed by atoms with Gasteiger partial charge in [-0.2, -0.15) is 0 Å². The van der Waals surface area contributed by atoms with Crippen molar-refractivity contribution in [3.63, 3.8) is 0 Å². The number of fused-ring (bicyclic) bond motifs is 1. The van der Waals surface area contributed by atoms with Gasteiger partial charge in [0.25, 0.3) is 17.5 Å². The normalized spacial score (nSPS) is 10.3. The maximum Gasteiger partial charge on any atom is 0.374 e. The maximum atomic E-state index is 12.0. The zero-order valence-corrected chi connectivity index (χ0v) is 15.1. The van der Waals surface area contributed by atoms with Crippen LogP contribution in [-0.4, -0.2) is 29.3 Å². The molecule has 0 bridgehead atoms. The van der Waals surface area contributed by atoms with Crippen LogP contribution in [-0.2, 0) is 9.53 Å². The van der Waals surface area contributed by atoms with E-state index in [0.29, 0.717) is 5.39 Å². The third kappa shape index (κ3) is 4.65. The summed E-state index contributed by atoms with van der Waals surface area (Å²) < 4.78 is 10.1.